The summed E-state index contributed by atoms with van der Waals surface area (Å²) in [5.74, 6) is 3.41. The average molecular weight is 252 g/mol. The number of benzene rings is 1. The number of terminal acetylenes is 1. The van der Waals surface area contributed by atoms with Gasteiger partial charge in [-0.3, -0.25) is 9.69 Å². The number of carbonyl (C=O) groups is 1. The predicted octanol–water partition coefficient (Wildman–Crippen LogP) is 2.47. The van der Waals surface area contributed by atoms with Crippen molar-refractivity contribution in [1.82, 2.24) is 4.98 Å². The first-order chi connectivity index (χ1) is 9.35. The summed E-state index contributed by atoms with van der Waals surface area (Å²) in [5.41, 5.74) is 0.541. The lowest BCUT2D eigenvalue weighted by Gasteiger charge is -2.17. The molecule has 0 fully saturated rings. The van der Waals surface area contributed by atoms with E-state index in [1.54, 1.807) is 18.3 Å². The number of carbonyl (C=O) groups excluding carboxylic acids is 1. The van der Waals surface area contributed by atoms with Crippen LogP contribution in [0.15, 0.2) is 48.7 Å². The zero-order valence-corrected chi connectivity index (χ0v) is 10.2. The number of aromatic nitrogens is 1. The van der Waals surface area contributed by atoms with Crippen molar-refractivity contribution >= 4 is 12.1 Å². The van der Waals surface area contributed by atoms with E-state index in [4.69, 9.17) is 11.2 Å². The Bertz CT molecular complexity index is 591. The first kappa shape index (κ1) is 12.7. The van der Waals surface area contributed by atoms with Gasteiger partial charge in [0.1, 0.15) is 11.4 Å². The van der Waals surface area contributed by atoms with Crippen molar-refractivity contribution in [2.75, 3.05) is 11.4 Å². The van der Waals surface area contributed by atoms with Crippen molar-refractivity contribution in [1.29, 1.82) is 0 Å². The van der Waals surface area contributed by atoms with Crippen LogP contribution in [0.5, 0.6) is 11.6 Å². The van der Waals surface area contributed by atoms with Gasteiger partial charge in [-0.2, -0.15) is 0 Å². The summed E-state index contributed by atoms with van der Waals surface area (Å²) in [6.45, 7) is 0.167. The molecule has 1 aromatic heterocycles. The van der Waals surface area contributed by atoms with Crippen LogP contribution in [0.1, 0.15) is 0 Å². The van der Waals surface area contributed by atoms with E-state index < -0.39 is 0 Å². The van der Waals surface area contributed by atoms with Crippen LogP contribution in [0, 0.1) is 12.3 Å². The van der Waals surface area contributed by atoms with Crippen molar-refractivity contribution in [3.63, 3.8) is 0 Å². The fraction of sp³-hybridized carbons (Fsp3) is 0.0667. The Kier molecular flexibility index (Phi) is 4.14. The summed E-state index contributed by atoms with van der Waals surface area (Å²) in [5, 5.41) is 0. The van der Waals surface area contributed by atoms with Crippen LogP contribution in [0.4, 0.5) is 5.69 Å². The number of hydrogen-bond acceptors (Lipinski definition) is 3. The molecule has 0 aliphatic rings. The lowest BCUT2D eigenvalue weighted by molar-refractivity contribution is -0.107. The second-order valence-corrected chi connectivity index (χ2v) is 3.68. The maximum Gasteiger partial charge on any atom is 0.243 e. The molecule has 94 valence electrons. The van der Waals surface area contributed by atoms with Crippen molar-refractivity contribution < 1.29 is 9.53 Å². The molecule has 0 spiro atoms. The molecule has 0 aliphatic heterocycles. The SMILES string of the molecule is C#CCN(C=O)c1cccnc1Oc1ccccc1. The highest BCUT2D eigenvalue weighted by Crippen LogP contribution is 2.28. The molecule has 0 saturated heterocycles. The Balaban J connectivity index is 2.31. The molecule has 0 N–H and O–H groups in total. The van der Waals surface area contributed by atoms with Gasteiger partial charge in [0.05, 0.1) is 6.54 Å². The van der Waals surface area contributed by atoms with E-state index >= 15 is 0 Å². The number of ether oxygens (including phenoxy) is 1. The zero-order chi connectivity index (χ0) is 13.5. The van der Waals surface area contributed by atoms with Crippen LogP contribution in [-0.4, -0.2) is 17.9 Å². The first-order valence-electron chi connectivity index (χ1n) is 5.68. The number of para-hydroxylation sites is 1. The highest BCUT2D eigenvalue weighted by atomic mass is 16.5. The molecule has 1 heterocycles. The highest BCUT2D eigenvalue weighted by Gasteiger charge is 2.12. The van der Waals surface area contributed by atoms with E-state index in [2.05, 4.69) is 10.9 Å². The standard InChI is InChI=1S/C15H12N2O2/c1-2-11-17(12-18)14-9-6-10-16-15(14)19-13-7-4-3-5-8-13/h1,3-10,12H,11H2. The summed E-state index contributed by atoms with van der Waals surface area (Å²) in [6.07, 6.45) is 7.49. The van der Waals surface area contributed by atoms with Gasteiger partial charge in [-0.1, -0.05) is 24.1 Å². The van der Waals surface area contributed by atoms with Crippen LogP contribution >= 0.6 is 0 Å². The smallest absolute Gasteiger partial charge is 0.243 e. The minimum absolute atomic E-state index is 0.167. The quantitative estimate of drug-likeness (QED) is 0.606. The molecule has 0 saturated carbocycles. The van der Waals surface area contributed by atoms with E-state index in [0.29, 0.717) is 23.7 Å². The Morgan fingerprint density at radius 2 is 2.05 bits per heavy atom. The normalized spacial score (nSPS) is 9.42. The molecule has 1 aromatic carbocycles. The van der Waals surface area contributed by atoms with E-state index in [0.717, 1.165) is 0 Å². The van der Waals surface area contributed by atoms with Crippen LogP contribution in [-0.2, 0) is 4.79 Å². The lowest BCUT2D eigenvalue weighted by atomic mass is 10.3. The van der Waals surface area contributed by atoms with Crippen molar-refractivity contribution in [3.05, 3.63) is 48.7 Å². The number of anilines is 1. The second kappa shape index (κ2) is 6.22. The third kappa shape index (κ3) is 3.11. The zero-order valence-electron chi connectivity index (χ0n) is 10.2. The molecule has 0 aliphatic carbocycles. The van der Waals surface area contributed by atoms with Gasteiger partial charge < -0.3 is 4.74 Å². The Hall–Kier alpha value is -2.80. The Morgan fingerprint density at radius 3 is 2.74 bits per heavy atom. The minimum Gasteiger partial charge on any atom is -0.437 e. The van der Waals surface area contributed by atoms with E-state index in [1.165, 1.54) is 4.90 Å². The van der Waals surface area contributed by atoms with Gasteiger partial charge in [-0.15, -0.1) is 6.42 Å². The van der Waals surface area contributed by atoms with Crippen LogP contribution in [0.3, 0.4) is 0 Å². The molecule has 4 heteroatoms. The summed E-state index contributed by atoms with van der Waals surface area (Å²) >= 11 is 0. The van der Waals surface area contributed by atoms with Crippen molar-refractivity contribution in [2.45, 2.75) is 0 Å². The van der Waals surface area contributed by atoms with Gasteiger partial charge in [-0.25, -0.2) is 4.98 Å². The molecule has 2 rings (SSSR count). The molecular formula is C15H12N2O2. The first-order valence-corrected chi connectivity index (χ1v) is 5.68. The third-order valence-electron chi connectivity index (χ3n) is 2.41. The van der Waals surface area contributed by atoms with Gasteiger partial charge in [0.15, 0.2) is 0 Å². The topological polar surface area (TPSA) is 42.4 Å². The fourth-order valence-electron chi connectivity index (χ4n) is 1.56. The van der Waals surface area contributed by atoms with Crippen LogP contribution in [0.2, 0.25) is 0 Å². The van der Waals surface area contributed by atoms with Crippen LogP contribution in [0.25, 0.3) is 0 Å². The monoisotopic (exact) mass is 252 g/mol. The summed E-state index contributed by atoms with van der Waals surface area (Å²) in [7, 11) is 0. The number of amides is 1. The van der Waals surface area contributed by atoms with Crippen molar-refractivity contribution in [2.24, 2.45) is 0 Å². The van der Waals surface area contributed by atoms with Crippen LogP contribution < -0.4 is 9.64 Å². The molecule has 0 atom stereocenters. The maximum atomic E-state index is 11.0. The van der Waals surface area contributed by atoms with Crippen molar-refractivity contribution in [3.8, 4) is 24.0 Å². The average Bonchev–Trinajstić information content (AvgIpc) is 2.47. The van der Waals surface area contributed by atoms with E-state index in [-0.39, 0.29) is 6.54 Å². The lowest BCUT2D eigenvalue weighted by Crippen LogP contribution is -2.21. The highest BCUT2D eigenvalue weighted by molar-refractivity contribution is 5.78. The number of hydrogen-bond donors (Lipinski definition) is 0. The molecule has 0 radical (unpaired) electrons. The summed E-state index contributed by atoms with van der Waals surface area (Å²) in [4.78, 5) is 16.5. The van der Waals surface area contributed by atoms with E-state index in [9.17, 15) is 4.79 Å². The number of rotatable bonds is 5. The van der Waals surface area contributed by atoms with Gasteiger partial charge in [-0.05, 0) is 24.3 Å². The molecule has 4 nitrogen and oxygen atoms in total. The Labute approximate surface area is 111 Å². The van der Waals surface area contributed by atoms with Gasteiger partial charge in [0, 0.05) is 6.20 Å². The van der Waals surface area contributed by atoms with Gasteiger partial charge in [0.25, 0.3) is 0 Å². The van der Waals surface area contributed by atoms with Gasteiger partial charge in [0.2, 0.25) is 12.3 Å². The van der Waals surface area contributed by atoms with Gasteiger partial charge >= 0.3 is 0 Å². The maximum absolute atomic E-state index is 11.0. The molecule has 0 bridgehead atoms. The fourth-order valence-corrected chi connectivity index (χ4v) is 1.56. The molecule has 2 aromatic rings. The minimum atomic E-state index is 0.167. The summed E-state index contributed by atoms with van der Waals surface area (Å²) in [6, 6.07) is 12.7. The number of nitrogens with zero attached hydrogens (tertiary/aromatic N) is 2. The largest absolute Gasteiger partial charge is 0.437 e. The predicted molar refractivity (Wildman–Crippen MR) is 73.0 cm³/mol. The number of pyridine rings is 1. The molecular weight excluding hydrogens is 240 g/mol. The molecule has 1 amide bonds. The van der Waals surface area contributed by atoms with E-state index in [1.807, 2.05) is 30.3 Å². The Morgan fingerprint density at radius 1 is 1.26 bits per heavy atom. The molecule has 0 unspecified atom stereocenters. The third-order valence-corrected chi connectivity index (χ3v) is 2.41. The second-order valence-electron chi connectivity index (χ2n) is 3.68. The molecule has 19 heavy (non-hydrogen) atoms. The summed E-state index contributed by atoms with van der Waals surface area (Å²) < 4.78 is 5.66.